The fraction of sp³-hybridized carbons (Fsp3) is 0.438. The standard InChI is InChI=1S/C16H22S2/c1-14(17-12-13-18-16(2,3)4)10-11-15-8-6-5-7-9-15/h5-9,11H,12-13H2,1-4H3. The van der Waals surface area contributed by atoms with Crippen LogP contribution in [-0.4, -0.2) is 16.3 Å². The lowest BCUT2D eigenvalue weighted by molar-refractivity contribution is 0.804. The predicted molar refractivity (Wildman–Crippen MR) is 88.3 cm³/mol. The summed E-state index contributed by atoms with van der Waals surface area (Å²) in [4.78, 5) is 1.26. The Labute approximate surface area is 120 Å². The topological polar surface area (TPSA) is 0 Å². The largest absolute Gasteiger partial charge is 0.155 e. The molecule has 0 heterocycles. The van der Waals surface area contributed by atoms with Crippen molar-refractivity contribution in [2.45, 2.75) is 32.4 Å². The van der Waals surface area contributed by atoms with Crippen molar-refractivity contribution in [3.05, 3.63) is 46.5 Å². The van der Waals surface area contributed by atoms with E-state index in [-0.39, 0.29) is 0 Å². The number of thioether (sulfide) groups is 2. The average Bonchev–Trinajstić information content (AvgIpc) is 2.32. The summed E-state index contributed by atoms with van der Waals surface area (Å²) < 4.78 is 0.373. The molecule has 0 radical (unpaired) electrons. The smallest absolute Gasteiger partial charge is 0.0235 e. The van der Waals surface area contributed by atoms with Crippen LogP contribution >= 0.6 is 23.5 Å². The summed E-state index contributed by atoms with van der Waals surface area (Å²) in [5.41, 5.74) is 4.55. The lowest BCUT2D eigenvalue weighted by Gasteiger charge is -2.16. The second-order valence-electron chi connectivity index (χ2n) is 5.06. The van der Waals surface area contributed by atoms with Crippen LogP contribution in [-0.2, 0) is 0 Å². The highest BCUT2D eigenvalue weighted by Crippen LogP contribution is 2.25. The van der Waals surface area contributed by atoms with Crippen LogP contribution in [0.3, 0.4) is 0 Å². The quantitative estimate of drug-likeness (QED) is 0.517. The molecule has 0 amide bonds. The molecular weight excluding hydrogens is 256 g/mol. The molecule has 1 aromatic rings. The highest BCUT2D eigenvalue weighted by Gasteiger charge is 2.09. The highest BCUT2D eigenvalue weighted by atomic mass is 32.2. The summed E-state index contributed by atoms with van der Waals surface area (Å²) >= 11 is 3.91. The maximum atomic E-state index is 3.34. The first kappa shape index (κ1) is 15.5. The van der Waals surface area contributed by atoms with Crippen molar-refractivity contribution in [1.29, 1.82) is 0 Å². The van der Waals surface area contributed by atoms with Gasteiger partial charge in [-0.1, -0.05) is 51.1 Å². The van der Waals surface area contributed by atoms with Crippen LogP contribution in [0.4, 0.5) is 0 Å². The molecule has 0 fully saturated rings. The Kier molecular flexibility index (Phi) is 6.70. The van der Waals surface area contributed by atoms with Crippen LogP contribution in [0.2, 0.25) is 0 Å². The van der Waals surface area contributed by atoms with Gasteiger partial charge < -0.3 is 0 Å². The minimum absolute atomic E-state index is 0.373. The first-order chi connectivity index (χ1) is 8.47. The average molecular weight is 278 g/mol. The maximum Gasteiger partial charge on any atom is 0.0235 e. The Morgan fingerprint density at radius 3 is 2.44 bits per heavy atom. The zero-order chi connectivity index (χ0) is 13.4. The van der Waals surface area contributed by atoms with E-state index in [1.165, 1.54) is 16.2 Å². The summed E-state index contributed by atoms with van der Waals surface area (Å²) in [5.74, 6) is 2.35. The molecule has 0 aliphatic rings. The van der Waals surface area contributed by atoms with Gasteiger partial charge in [0.2, 0.25) is 0 Å². The molecule has 0 atom stereocenters. The predicted octanol–water partition coefficient (Wildman–Crippen LogP) is 5.47. The van der Waals surface area contributed by atoms with E-state index in [9.17, 15) is 0 Å². The first-order valence-electron chi connectivity index (χ1n) is 6.22. The fourth-order valence-corrected chi connectivity index (χ4v) is 3.05. The summed E-state index contributed by atoms with van der Waals surface area (Å²) in [6, 6.07) is 10.3. The van der Waals surface area contributed by atoms with Gasteiger partial charge in [0.1, 0.15) is 0 Å². The second kappa shape index (κ2) is 7.78. The highest BCUT2D eigenvalue weighted by molar-refractivity contribution is 8.05. The Balaban J connectivity index is 2.37. The normalized spacial score (nSPS) is 10.9. The van der Waals surface area contributed by atoms with Crippen LogP contribution in [0.1, 0.15) is 33.3 Å². The molecule has 0 aromatic heterocycles. The summed E-state index contributed by atoms with van der Waals surface area (Å²) in [6.07, 6.45) is 2.05. The van der Waals surface area contributed by atoms with Crippen LogP contribution in [0, 0.1) is 0 Å². The molecule has 98 valence electrons. The van der Waals surface area contributed by atoms with Crippen molar-refractivity contribution in [3.8, 4) is 0 Å². The van der Waals surface area contributed by atoms with Crippen LogP contribution in [0.15, 0.2) is 41.0 Å². The molecule has 1 aromatic carbocycles. The maximum absolute atomic E-state index is 3.34. The van der Waals surface area contributed by atoms with Gasteiger partial charge in [-0.15, -0.1) is 17.5 Å². The van der Waals surface area contributed by atoms with Gasteiger partial charge >= 0.3 is 0 Å². The molecule has 2 heteroatoms. The van der Waals surface area contributed by atoms with Gasteiger partial charge in [0.15, 0.2) is 0 Å². The number of hydrogen-bond acceptors (Lipinski definition) is 2. The lowest BCUT2D eigenvalue weighted by atomic mass is 10.2. The second-order valence-corrected chi connectivity index (χ2v) is 8.30. The van der Waals surface area contributed by atoms with E-state index in [0.29, 0.717) is 4.75 Å². The van der Waals surface area contributed by atoms with Gasteiger partial charge in [0.25, 0.3) is 0 Å². The minimum Gasteiger partial charge on any atom is -0.155 e. The first-order valence-corrected chi connectivity index (χ1v) is 8.19. The molecule has 18 heavy (non-hydrogen) atoms. The van der Waals surface area contributed by atoms with Crippen molar-refractivity contribution in [2.75, 3.05) is 11.5 Å². The van der Waals surface area contributed by atoms with E-state index < -0.39 is 0 Å². The molecule has 0 bridgehead atoms. The fourth-order valence-electron chi connectivity index (χ4n) is 1.32. The van der Waals surface area contributed by atoms with Crippen LogP contribution < -0.4 is 0 Å². The van der Waals surface area contributed by atoms with Gasteiger partial charge in [-0.3, -0.25) is 0 Å². The third kappa shape index (κ3) is 7.71. The zero-order valence-electron chi connectivity index (χ0n) is 11.7. The number of rotatable bonds is 5. The molecule has 0 aliphatic carbocycles. The lowest BCUT2D eigenvalue weighted by Crippen LogP contribution is -2.08. The third-order valence-electron chi connectivity index (χ3n) is 2.18. The van der Waals surface area contributed by atoms with Crippen molar-refractivity contribution >= 4 is 29.6 Å². The van der Waals surface area contributed by atoms with E-state index in [1.54, 1.807) is 0 Å². The molecule has 0 spiro atoms. The number of allylic oxidation sites excluding steroid dienone is 1. The third-order valence-corrected chi connectivity index (χ3v) is 4.67. The summed E-state index contributed by atoms with van der Waals surface area (Å²) in [7, 11) is 0. The Hall–Kier alpha value is -0.560. The summed E-state index contributed by atoms with van der Waals surface area (Å²) in [6.45, 7) is 8.92. The van der Waals surface area contributed by atoms with E-state index in [2.05, 4.69) is 63.8 Å². The Bertz CT molecular complexity index is 406. The van der Waals surface area contributed by atoms with Gasteiger partial charge in [0.05, 0.1) is 0 Å². The molecular formula is C16H22S2. The van der Waals surface area contributed by atoms with E-state index in [4.69, 9.17) is 0 Å². The van der Waals surface area contributed by atoms with Gasteiger partial charge in [-0.05, 0) is 18.6 Å². The number of hydrogen-bond donors (Lipinski definition) is 0. The Morgan fingerprint density at radius 1 is 1.17 bits per heavy atom. The van der Waals surface area contributed by atoms with Crippen LogP contribution in [0.5, 0.6) is 0 Å². The van der Waals surface area contributed by atoms with Crippen molar-refractivity contribution in [1.82, 2.24) is 0 Å². The molecule has 0 N–H and O–H groups in total. The molecule has 0 unspecified atom stereocenters. The van der Waals surface area contributed by atoms with E-state index in [1.807, 2.05) is 29.6 Å². The molecule has 0 saturated carbocycles. The van der Waals surface area contributed by atoms with Crippen molar-refractivity contribution in [3.63, 3.8) is 0 Å². The molecule has 0 aliphatic heterocycles. The minimum atomic E-state index is 0.373. The summed E-state index contributed by atoms with van der Waals surface area (Å²) in [5, 5.41) is 0. The van der Waals surface area contributed by atoms with Crippen molar-refractivity contribution in [2.24, 2.45) is 0 Å². The van der Waals surface area contributed by atoms with E-state index in [0.717, 1.165) is 5.75 Å². The SMILES string of the molecule is CC(=C=Cc1ccccc1)SCCSC(C)(C)C. The molecule has 0 nitrogen and oxygen atoms in total. The van der Waals surface area contributed by atoms with Crippen LogP contribution in [0.25, 0.3) is 6.08 Å². The van der Waals surface area contributed by atoms with E-state index >= 15 is 0 Å². The number of benzene rings is 1. The van der Waals surface area contributed by atoms with Crippen molar-refractivity contribution < 1.29 is 0 Å². The zero-order valence-corrected chi connectivity index (χ0v) is 13.3. The molecule has 0 saturated heterocycles. The monoisotopic (exact) mass is 278 g/mol. The van der Waals surface area contributed by atoms with Gasteiger partial charge in [-0.2, -0.15) is 11.8 Å². The molecule has 1 rings (SSSR count). The Morgan fingerprint density at radius 2 is 1.83 bits per heavy atom. The van der Waals surface area contributed by atoms with Gasteiger partial charge in [0, 0.05) is 21.2 Å². The van der Waals surface area contributed by atoms with Gasteiger partial charge in [-0.25, -0.2) is 0 Å².